The second kappa shape index (κ2) is 7.16. The van der Waals surface area contributed by atoms with E-state index < -0.39 is 0 Å². The van der Waals surface area contributed by atoms with Crippen LogP contribution in [0, 0.1) is 0 Å². The Kier molecular flexibility index (Phi) is 5.01. The van der Waals surface area contributed by atoms with Gasteiger partial charge in [0.15, 0.2) is 0 Å². The van der Waals surface area contributed by atoms with E-state index in [9.17, 15) is 0 Å². The van der Waals surface area contributed by atoms with Crippen molar-refractivity contribution in [2.45, 2.75) is 0 Å². The highest BCUT2D eigenvalue weighted by molar-refractivity contribution is 9.10. The van der Waals surface area contributed by atoms with Crippen LogP contribution in [0.1, 0.15) is 5.56 Å². The van der Waals surface area contributed by atoms with Gasteiger partial charge in [0, 0.05) is 33.8 Å². The molecule has 1 heterocycles. The number of piperazine rings is 1. The van der Waals surface area contributed by atoms with Gasteiger partial charge in [-0.05, 0) is 30.3 Å². The van der Waals surface area contributed by atoms with Crippen LogP contribution in [0.15, 0.2) is 58.1 Å². The number of anilines is 1. The lowest BCUT2D eigenvalue weighted by Gasteiger charge is -2.34. The Morgan fingerprint density at radius 3 is 2.32 bits per heavy atom. The highest BCUT2D eigenvalue weighted by Gasteiger charge is 2.15. The molecule has 2 aromatic carbocycles. The van der Waals surface area contributed by atoms with Gasteiger partial charge in [-0.2, -0.15) is 5.10 Å². The summed E-state index contributed by atoms with van der Waals surface area (Å²) < 4.78 is 1.07. The van der Waals surface area contributed by atoms with Crippen molar-refractivity contribution in [2.75, 3.05) is 31.1 Å². The molecule has 1 saturated heterocycles. The van der Waals surface area contributed by atoms with Crippen LogP contribution in [0.2, 0.25) is 5.02 Å². The molecule has 1 fully saturated rings. The van der Waals surface area contributed by atoms with E-state index in [1.165, 1.54) is 5.69 Å². The quantitative estimate of drug-likeness (QED) is 0.743. The summed E-state index contributed by atoms with van der Waals surface area (Å²) in [4.78, 5) is 2.36. The Hall–Kier alpha value is -1.52. The number of hydrazone groups is 1. The first-order valence-corrected chi connectivity index (χ1v) is 8.43. The van der Waals surface area contributed by atoms with Gasteiger partial charge in [0.2, 0.25) is 0 Å². The van der Waals surface area contributed by atoms with Crippen LogP contribution in [0.5, 0.6) is 0 Å². The van der Waals surface area contributed by atoms with Gasteiger partial charge < -0.3 is 4.90 Å². The van der Waals surface area contributed by atoms with E-state index in [4.69, 9.17) is 11.6 Å². The molecule has 0 unspecified atom stereocenters. The SMILES string of the molecule is Clc1ccc(N2CCN(N=Cc3ccccc3Br)CC2)cc1. The van der Waals surface area contributed by atoms with Gasteiger partial charge in [-0.1, -0.05) is 45.7 Å². The van der Waals surface area contributed by atoms with E-state index >= 15 is 0 Å². The molecule has 1 aliphatic heterocycles. The molecular weight excluding hydrogens is 362 g/mol. The Morgan fingerprint density at radius 2 is 1.64 bits per heavy atom. The highest BCUT2D eigenvalue weighted by atomic mass is 79.9. The molecule has 1 aliphatic rings. The average Bonchev–Trinajstić information content (AvgIpc) is 2.55. The minimum atomic E-state index is 0.778. The largest absolute Gasteiger partial charge is 0.368 e. The van der Waals surface area contributed by atoms with Crippen LogP contribution in [0.25, 0.3) is 0 Å². The Labute approximate surface area is 144 Å². The lowest BCUT2D eigenvalue weighted by atomic mass is 10.2. The summed E-state index contributed by atoms with van der Waals surface area (Å²) in [5.74, 6) is 0. The zero-order chi connectivity index (χ0) is 15.4. The molecule has 0 atom stereocenters. The zero-order valence-electron chi connectivity index (χ0n) is 12.1. The summed E-state index contributed by atoms with van der Waals surface area (Å²) in [6.07, 6.45) is 1.92. The molecule has 0 amide bonds. The summed E-state index contributed by atoms with van der Waals surface area (Å²) in [5, 5.41) is 7.48. The smallest absolute Gasteiger partial charge is 0.0554 e. The second-order valence-electron chi connectivity index (χ2n) is 5.18. The average molecular weight is 379 g/mol. The van der Waals surface area contributed by atoms with Gasteiger partial charge in [-0.15, -0.1) is 0 Å². The summed E-state index contributed by atoms with van der Waals surface area (Å²) in [5.41, 5.74) is 2.32. The molecule has 114 valence electrons. The highest BCUT2D eigenvalue weighted by Crippen LogP contribution is 2.19. The van der Waals surface area contributed by atoms with Gasteiger partial charge in [0.25, 0.3) is 0 Å². The predicted molar refractivity (Wildman–Crippen MR) is 97.0 cm³/mol. The van der Waals surface area contributed by atoms with Gasteiger partial charge in [-0.3, -0.25) is 5.01 Å². The van der Waals surface area contributed by atoms with E-state index in [2.05, 4.69) is 49.1 Å². The standard InChI is InChI=1S/C17H17BrClN3/c18-17-4-2-1-3-14(17)13-20-22-11-9-21(10-12-22)16-7-5-15(19)6-8-16/h1-8,13H,9-12H2. The molecule has 5 heteroatoms. The van der Waals surface area contributed by atoms with Crippen molar-refractivity contribution in [3.8, 4) is 0 Å². The number of hydrogen-bond acceptors (Lipinski definition) is 3. The molecule has 0 aromatic heterocycles. The molecule has 0 aliphatic carbocycles. The van der Waals surface area contributed by atoms with Gasteiger partial charge in [-0.25, -0.2) is 0 Å². The van der Waals surface area contributed by atoms with Crippen molar-refractivity contribution in [3.05, 3.63) is 63.6 Å². The normalized spacial score (nSPS) is 15.5. The Balaban J connectivity index is 1.58. The molecule has 0 N–H and O–H groups in total. The van der Waals surface area contributed by atoms with Crippen LogP contribution < -0.4 is 4.90 Å². The van der Waals surface area contributed by atoms with Crippen LogP contribution in [-0.4, -0.2) is 37.4 Å². The van der Waals surface area contributed by atoms with Gasteiger partial charge >= 0.3 is 0 Å². The number of rotatable bonds is 3. The van der Waals surface area contributed by atoms with E-state index in [0.29, 0.717) is 0 Å². The second-order valence-corrected chi connectivity index (χ2v) is 6.47. The van der Waals surface area contributed by atoms with Gasteiger partial charge in [0.1, 0.15) is 0 Å². The molecule has 2 aromatic rings. The van der Waals surface area contributed by atoms with E-state index in [1.54, 1.807) is 0 Å². The summed E-state index contributed by atoms with van der Waals surface area (Å²) in [6.45, 7) is 3.77. The number of hydrogen-bond donors (Lipinski definition) is 0. The molecule has 3 rings (SSSR count). The monoisotopic (exact) mass is 377 g/mol. The van der Waals surface area contributed by atoms with Crippen LogP contribution in [-0.2, 0) is 0 Å². The lowest BCUT2D eigenvalue weighted by Crippen LogP contribution is -2.44. The molecule has 3 nitrogen and oxygen atoms in total. The van der Waals surface area contributed by atoms with Crippen molar-refractivity contribution in [3.63, 3.8) is 0 Å². The summed E-state index contributed by atoms with van der Waals surface area (Å²) in [7, 11) is 0. The minimum absolute atomic E-state index is 0.778. The first-order valence-electron chi connectivity index (χ1n) is 7.26. The fourth-order valence-corrected chi connectivity index (χ4v) is 2.96. The van der Waals surface area contributed by atoms with Crippen molar-refractivity contribution < 1.29 is 0 Å². The number of benzene rings is 2. The molecular formula is C17H17BrClN3. The van der Waals surface area contributed by atoms with Crippen LogP contribution in [0.3, 0.4) is 0 Å². The molecule has 0 spiro atoms. The summed E-state index contributed by atoms with van der Waals surface area (Å²) in [6, 6.07) is 16.1. The van der Waals surface area contributed by atoms with Crippen molar-refractivity contribution >= 4 is 39.4 Å². The molecule has 22 heavy (non-hydrogen) atoms. The lowest BCUT2D eigenvalue weighted by molar-refractivity contribution is 0.272. The zero-order valence-corrected chi connectivity index (χ0v) is 14.5. The van der Waals surface area contributed by atoms with Crippen molar-refractivity contribution in [1.29, 1.82) is 0 Å². The third-order valence-electron chi connectivity index (χ3n) is 3.71. The maximum Gasteiger partial charge on any atom is 0.0554 e. The molecule has 0 radical (unpaired) electrons. The van der Waals surface area contributed by atoms with Crippen LogP contribution >= 0.6 is 27.5 Å². The Morgan fingerprint density at radius 1 is 0.955 bits per heavy atom. The fourth-order valence-electron chi connectivity index (χ4n) is 2.45. The topological polar surface area (TPSA) is 18.8 Å². The maximum atomic E-state index is 5.94. The predicted octanol–water partition coefficient (Wildman–Crippen LogP) is 4.26. The third-order valence-corrected chi connectivity index (χ3v) is 4.69. The molecule has 0 bridgehead atoms. The fraction of sp³-hybridized carbons (Fsp3) is 0.235. The van der Waals surface area contributed by atoms with E-state index in [1.807, 2.05) is 36.5 Å². The van der Waals surface area contributed by atoms with Crippen LogP contribution in [0.4, 0.5) is 5.69 Å². The third kappa shape index (κ3) is 3.81. The molecule has 0 saturated carbocycles. The number of halogens is 2. The first-order chi connectivity index (χ1) is 10.7. The maximum absolute atomic E-state index is 5.94. The van der Waals surface area contributed by atoms with Crippen molar-refractivity contribution in [1.82, 2.24) is 5.01 Å². The van der Waals surface area contributed by atoms with Gasteiger partial charge in [0.05, 0.1) is 19.3 Å². The van der Waals surface area contributed by atoms with E-state index in [-0.39, 0.29) is 0 Å². The van der Waals surface area contributed by atoms with Crippen molar-refractivity contribution in [2.24, 2.45) is 5.10 Å². The Bertz CT molecular complexity index is 649. The first kappa shape index (κ1) is 15.4. The summed E-state index contributed by atoms with van der Waals surface area (Å²) >= 11 is 9.47. The number of nitrogens with zero attached hydrogens (tertiary/aromatic N) is 3. The minimum Gasteiger partial charge on any atom is -0.368 e. The van der Waals surface area contributed by atoms with E-state index in [0.717, 1.165) is 41.2 Å².